The highest BCUT2D eigenvalue weighted by Gasteiger charge is 2.48. The summed E-state index contributed by atoms with van der Waals surface area (Å²) in [6.45, 7) is 0. The normalized spacial score (nSPS) is 13.2. The van der Waals surface area contributed by atoms with E-state index in [1.54, 1.807) is 22.7 Å². The van der Waals surface area contributed by atoms with Gasteiger partial charge in [0.05, 0.1) is 24.2 Å². The number of benzene rings is 2. The predicted molar refractivity (Wildman–Crippen MR) is 183 cm³/mol. The van der Waals surface area contributed by atoms with Crippen LogP contribution in [0, 0.1) is 45.3 Å². The van der Waals surface area contributed by atoms with Crippen LogP contribution in [-0.2, 0) is 5.41 Å². The van der Waals surface area contributed by atoms with Gasteiger partial charge in [0.1, 0.15) is 35.4 Å². The number of hydrogen-bond donors (Lipinski definition) is 0. The Kier molecular flexibility index (Phi) is 7.36. The van der Waals surface area contributed by atoms with E-state index >= 15 is 0 Å². The van der Waals surface area contributed by atoms with Gasteiger partial charge in [0.15, 0.2) is 0 Å². The average molecular weight is 647 g/mol. The minimum atomic E-state index is -0.523. The number of nitrogens with zero attached hydrogens (tertiary/aromatic N) is 4. The highest BCUT2D eigenvalue weighted by molar-refractivity contribution is 7.23. The minimum Gasteiger partial charge on any atom is -0.192 e. The van der Waals surface area contributed by atoms with Crippen molar-refractivity contribution < 1.29 is 0 Å². The lowest BCUT2D eigenvalue weighted by molar-refractivity contribution is 0.772. The molecule has 8 heteroatoms. The molecule has 0 atom stereocenters. The molecule has 0 bridgehead atoms. The molecule has 0 fully saturated rings. The third-order valence-corrected chi connectivity index (χ3v) is 12.1. The molecule has 0 unspecified atom stereocenters. The van der Waals surface area contributed by atoms with Crippen LogP contribution in [0.5, 0.6) is 0 Å². The second-order valence-electron chi connectivity index (χ2n) is 10.2. The Morgan fingerprint density at radius 3 is 1.29 bits per heavy atom. The van der Waals surface area contributed by atoms with Crippen LogP contribution in [0.1, 0.15) is 32.0 Å². The first kappa shape index (κ1) is 28.5. The van der Waals surface area contributed by atoms with E-state index in [1.807, 2.05) is 60.7 Å². The van der Waals surface area contributed by atoms with Gasteiger partial charge in [0.2, 0.25) is 0 Å². The van der Waals surface area contributed by atoms with Crippen molar-refractivity contribution in [2.24, 2.45) is 0 Å². The second-order valence-corrected chi connectivity index (χ2v) is 14.6. The molecule has 6 aromatic rings. The number of hydrogen-bond acceptors (Lipinski definition) is 8. The van der Waals surface area contributed by atoms with E-state index in [-0.39, 0.29) is 11.1 Å². The second kappa shape index (κ2) is 11.6. The Balaban J connectivity index is 1.49. The first-order chi connectivity index (χ1) is 22.1. The Hall–Kier alpha value is -5.32. The van der Waals surface area contributed by atoms with Crippen LogP contribution in [0.2, 0.25) is 0 Å². The Morgan fingerprint density at radius 2 is 0.911 bits per heavy atom. The maximum Gasteiger partial charge on any atom is 0.146 e. The molecule has 7 rings (SSSR count). The molecular formula is C37H18N4S4. The molecule has 0 spiro atoms. The maximum absolute atomic E-state index is 9.33. The van der Waals surface area contributed by atoms with Crippen molar-refractivity contribution in [3.63, 3.8) is 0 Å². The summed E-state index contributed by atoms with van der Waals surface area (Å²) in [6, 6.07) is 41.4. The summed E-state index contributed by atoms with van der Waals surface area (Å²) in [6.07, 6.45) is 4.27. The van der Waals surface area contributed by atoms with Gasteiger partial charge in [-0.05, 0) is 70.8 Å². The van der Waals surface area contributed by atoms with Gasteiger partial charge in [-0.15, -0.1) is 45.3 Å². The Morgan fingerprint density at radius 1 is 0.511 bits per heavy atom. The Bertz CT molecular complexity index is 2320. The highest BCUT2D eigenvalue weighted by Crippen LogP contribution is 2.61. The van der Waals surface area contributed by atoms with E-state index in [4.69, 9.17) is 0 Å². The molecule has 4 heterocycles. The molecule has 45 heavy (non-hydrogen) atoms. The van der Waals surface area contributed by atoms with Gasteiger partial charge in [-0.3, -0.25) is 0 Å². The molecule has 0 N–H and O–H groups in total. The van der Waals surface area contributed by atoms with Crippen LogP contribution >= 0.6 is 45.3 Å². The lowest BCUT2D eigenvalue weighted by Crippen LogP contribution is -2.27. The van der Waals surface area contributed by atoms with Crippen molar-refractivity contribution in [3.05, 3.63) is 147 Å². The summed E-state index contributed by atoms with van der Waals surface area (Å²) < 4.78 is 3.31. The van der Waals surface area contributed by atoms with Gasteiger partial charge in [0, 0.05) is 18.8 Å². The zero-order valence-electron chi connectivity index (χ0n) is 23.3. The minimum absolute atomic E-state index is 0.125. The molecule has 1 aliphatic carbocycles. The van der Waals surface area contributed by atoms with Gasteiger partial charge in [0.25, 0.3) is 0 Å². The fourth-order valence-electron chi connectivity index (χ4n) is 5.85. The van der Waals surface area contributed by atoms with Gasteiger partial charge in [-0.1, -0.05) is 60.7 Å². The predicted octanol–water partition coefficient (Wildman–Crippen LogP) is 6.35. The summed E-state index contributed by atoms with van der Waals surface area (Å²) in [5.41, 5.74) is 4.58. The molecule has 0 aliphatic heterocycles. The van der Waals surface area contributed by atoms with Gasteiger partial charge >= 0.3 is 0 Å². The molecule has 0 amide bonds. The van der Waals surface area contributed by atoms with Crippen LogP contribution in [0.3, 0.4) is 0 Å². The molecule has 0 radical (unpaired) electrons. The van der Waals surface area contributed by atoms with E-state index in [2.05, 4.69) is 72.8 Å². The third-order valence-electron chi connectivity index (χ3n) is 7.69. The lowest BCUT2D eigenvalue weighted by Gasteiger charge is -2.32. The van der Waals surface area contributed by atoms with Crippen molar-refractivity contribution in [1.82, 2.24) is 0 Å². The van der Waals surface area contributed by atoms with E-state index in [0.717, 1.165) is 18.8 Å². The zero-order chi connectivity index (χ0) is 31.0. The first-order valence-electron chi connectivity index (χ1n) is 13.7. The number of fused-ring (bicyclic) bond motifs is 3. The largest absolute Gasteiger partial charge is 0.192 e. The van der Waals surface area contributed by atoms with Crippen LogP contribution < -0.4 is 18.1 Å². The van der Waals surface area contributed by atoms with Crippen molar-refractivity contribution in [3.8, 4) is 34.0 Å². The van der Waals surface area contributed by atoms with Gasteiger partial charge < -0.3 is 0 Å². The highest BCUT2D eigenvalue weighted by atomic mass is 32.1. The number of nitriles is 4. The van der Waals surface area contributed by atoms with Crippen molar-refractivity contribution in [2.75, 3.05) is 0 Å². The van der Waals surface area contributed by atoms with E-state index in [1.165, 1.54) is 54.7 Å². The summed E-state index contributed by atoms with van der Waals surface area (Å²) in [5.74, 6) is 0. The molecule has 2 aromatic carbocycles. The Labute approximate surface area is 274 Å². The summed E-state index contributed by atoms with van der Waals surface area (Å²) in [4.78, 5) is 4.65. The fourth-order valence-corrected chi connectivity index (χ4v) is 10.3. The smallest absolute Gasteiger partial charge is 0.146 e. The molecule has 0 saturated carbocycles. The van der Waals surface area contributed by atoms with Crippen molar-refractivity contribution in [2.45, 2.75) is 5.41 Å². The summed E-state index contributed by atoms with van der Waals surface area (Å²) in [7, 11) is 0. The van der Waals surface area contributed by atoms with E-state index < -0.39 is 5.41 Å². The molecule has 4 aromatic heterocycles. The topological polar surface area (TPSA) is 95.2 Å². The number of rotatable bonds is 4. The third kappa shape index (κ3) is 4.75. The van der Waals surface area contributed by atoms with E-state index in [9.17, 15) is 21.0 Å². The van der Waals surface area contributed by atoms with Gasteiger partial charge in [-0.25, -0.2) is 0 Å². The first-order valence-corrected chi connectivity index (χ1v) is 17.0. The zero-order valence-corrected chi connectivity index (χ0v) is 26.6. The quantitative estimate of drug-likeness (QED) is 0.223. The van der Waals surface area contributed by atoms with Crippen LogP contribution in [0.4, 0.5) is 0 Å². The SMILES string of the molecule is N#CC(C#N)=c1cc/c(=C\c2cc3c(s2)-c2sc(/C=c4\ccc(=C(C#N)C#N)s4)cc2C3(c2ccccc2)c2ccccc2)s1. The van der Waals surface area contributed by atoms with Crippen LogP contribution in [0.15, 0.2) is 97.1 Å². The average Bonchev–Trinajstić information content (AvgIpc) is 3.90. The van der Waals surface area contributed by atoms with Gasteiger partial charge in [-0.2, -0.15) is 21.0 Å². The number of thiophene rings is 4. The fraction of sp³-hybridized carbons (Fsp3) is 0.0270. The monoisotopic (exact) mass is 646 g/mol. The maximum atomic E-state index is 9.33. The van der Waals surface area contributed by atoms with E-state index in [0.29, 0.717) is 9.06 Å². The molecule has 4 nitrogen and oxygen atoms in total. The lowest BCUT2D eigenvalue weighted by atomic mass is 9.68. The summed E-state index contributed by atoms with van der Waals surface area (Å²) >= 11 is 6.39. The van der Waals surface area contributed by atoms with Crippen LogP contribution in [0.25, 0.3) is 33.1 Å². The molecule has 1 aliphatic rings. The molecule has 0 saturated heterocycles. The van der Waals surface area contributed by atoms with Crippen molar-refractivity contribution >= 4 is 68.6 Å². The summed E-state index contributed by atoms with van der Waals surface area (Å²) in [5, 5.41) is 37.3. The molecular weight excluding hydrogens is 629 g/mol. The van der Waals surface area contributed by atoms with Crippen molar-refractivity contribution in [1.29, 1.82) is 21.0 Å². The molecule has 210 valence electrons. The standard InChI is InChI=1S/C37H18N4S4/c38-19-23(20-39)33-13-11-27(42-33)15-29-17-31-35(44-29)36-32(18-30(45-36)16-28-12-14-34(43-28)24(21-40)22-41)37(31,25-7-3-1-4-8-25)26-9-5-2-6-10-26/h1-18H/b27-15+,28-16+. The van der Waals surface area contributed by atoms with Crippen LogP contribution in [-0.4, -0.2) is 0 Å².